The molecule has 2 aromatic rings. The number of fused-ring (bicyclic) bond motifs is 1. The van der Waals surface area contributed by atoms with Gasteiger partial charge in [0.05, 0.1) is 4.47 Å². The summed E-state index contributed by atoms with van der Waals surface area (Å²) in [7, 11) is 0. The Morgan fingerprint density at radius 1 is 1.35 bits per heavy atom. The molecule has 0 aliphatic carbocycles. The minimum atomic E-state index is -0.638. The summed E-state index contributed by atoms with van der Waals surface area (Å²) in [6, 6.07) is 5.13. The van der Waals surface area contributed by atoms with E-state index in [0.717, 1.165) is 10.9 Å². The Balaban J connectivity index is 2.53. The standard InChI is InChI=1S/C14H13Br2NO3/c1-3-7(2)17-13(18)10-5-8-4-9(15)6-11(16)12(8)20-14(10)19/h4-7H,3H2,1-2H3,(H,17,18). The molecule has 106 valence electrons. The van der Waals surface area contributed by atoms with Crippen molar-refractivity contribution in [3.63, 3.8) is 0 Å². The third-order valence-electron chi connectivity index (χ3n) is 2.99. The van der Waals surface area contributed by atoms with E-state index in [-0.39, 0.29) is 11.6 Å². The maximum absolute atomic E-state index is 12.1. The second-order valence-corrected chi connectivity index (χ2v) is 6.31. The van der Waals surface area contributed by atoms with E-state index in [2.05, 4.69) is 37.2 Å². The summed E-state index contributed by atoms with van der Waals surface area (Å²) in [6.07, 6.45) is 0.793. The molecule has 1 atom stereocenters. The van der Waals surface area contributed by atoms with Crippen molar-refractivity contribution < 1.29 is 9.21 Å². The number of hydrogen-bond acceptors (Lipinski definition) is 3. The number of nitrogens with one attached hydrogen (secondary N) is 1. The number of carbonyl (C=O) groups is 1. The Kier molecular flexibility index (Phi) is 4.65. The first-order chi connectivity index (χ1) is 9.42. The smallest absolute Gasteiger partial charge is 0.349 e. The van der Waals surface area contributed by atoms with Gasteiger partial charge in [0.2, 0.25) is 0 Å². The molecule has 0 aliphatic rings. The molecule has 20 heavy (non-hydrogen) atoms. The molecule has 1 amide bonds. The first kappa shape index (κ1) is 15.3. The van der Waals surface area contributed by atoms with Gasteiger partial charge in [0, 0.05) is 15.9 Å². The van der Waals surface area contributed by atoms with Gasteiger partial charge < -0.3 is 9.73 Å². The zero-order chi connectivity index (χ0) is 14.9. The monoisotopic (exact) mass is 401 g/mol. The maximum Gasteiger partial charge on any atom is 0.349 e. The lowest BCUT2D eigenvalue weighted by atomic mass is 10.1. The van der Waals surface area contributed by atoms with Crippen LogP contribution in [0.25, 0.3) is 11.0 Å². The molecule has 1 unspecified atom stereocenters. The van der Waals surface area contributed by atoms with Crippen LogP contribution in [0.2, 0.25) is 0 Å². The molecule has 1 N–H and O–H groups in total. The zero-order valence-corrected chi connectivity index (χ0v) is 14.2. The fraction of sp³-hybridized carbons (Fsp3) is 0.286. The Bertz CT molecular complexity index is 724. The van der Waals surface area contributed by atoms with E-state index in [0.29, 0.717) is 15.4 Å². The van der Waals surface area contributed by atoms with Crippen molar-refractivity contribution in [2.24, 2.45) is 0 Å². The highest BCUT2D eigenvalue weighted by Crippen LogP contribution is 2.27. The molecule has 0 radical (unpaired) electrons. The van der Waals surface area contributed by atoms with Crippen molar-refractivity contribution in [3.05, 3.63) is 43.1 Å². The average Bonchev–Trinajstić information content (AvgIpc) is 2.38. The van der Waals surface area contributed by atoms with Gasteiger partial charge >= 0.3 is 5.63 Å². The average molecular weight is 403 g/mol. The van der Waals surface area contributed by atoms with E-state index in [9.17, 15) is 9.59 Å². The molecule has 6 heteroatoms. The van der Waals surface area contributed by atoms with Gasteiger partial charge in [0.1, 0.15) is 5.56 Å². The van der Waals surface area contributed by atoms with Crippen molar-refractivity contribution in [1.29, 1.82) is 0 Å². The van der Waals surface area contributed by atoms with E-state index >= 15 is 0 Å². The molecule has 2 rings (SSSR count). The topological polar surface area (TPSA) is 59.3 Å². The van der Waals surface area contributed by atoms with E-state index in [1.54, 1.807) is 18.2 Å². The lowest BCUT2D eigenvalue weighted by Gasteiger charge is -2.11. The van der Waals surface area contributed by atoms with Crippen LogP contribution in [-0.2, 0) is 0 Å². The van der Waals surface area contributed by atoms with Crippen molar-refractivity contribution in [2.45, 2.75) is 26.3 Å². The first-order valence-electron chi connectivity index (χ1n) is 6.16. The second-order valence-electron chi connectivity index (χ2n) is 4.54. The molecule has 0 saturated heterocycles. The van der Waals surface area contributed by atoms with Gasteiger partial charge in [-0.15, -0.1) is 0 Å². The number of rotatable bonds is 3. The predicted octanol–water partition coefficient (Wildman–Crippen LogP) is 3.85. The van der Waals surface area contributed by atoms with Crippen LogP contribution >= 0.6 is 31.9 Å². The van der Waals surface area contributed by atoms with Crippen LogP contribution in [-0.4, -0.2) is 11.9 Å². The lowest BCUT2D eigenvalue weighted by molar-refractivity contribution is 0.0935. The predicted molar refractivity (Wildman–Crippen MR) is 85.1 cm³/mol. The minimum Gasteiger partial charge on any atom is -0.421 e. The minimum absolute atomic E-state index is 0.00634. The lowest BCUT2D eigenvalue weighted by Crippen LogP contribution is -2.34. The summed E-state index contributed by atoms with van der Waals surface area (Å²) in [5, 5.41) is 3.44. The van der Waals surface area contributed by atoms with Gasteiger partial charge in [-0.3, -0.25) is 4.79 Å². The van der Waals surface area contributed by atoms with E-state index in [1.807, 2.05) is 13.8 Å². The van der Waals surface area contributed by atoms with E-state index in [4.69, 9.17) is 4.42 Å². The SMILES string of the molecule is CCC(C)NC(=O)c1cc2cc(Br)cc(Br)c2oc1=O. The molecular weight excluding hydrogens is 390 g/mol. The molecule has 0 spiro atoms. The zero-order valence-electron chi connectivity index (χ0n) is 11.0. The van der Waals surface area contributed by atoms with Crippen LogP contribution in [0, 0.1) is 0 Å². The molecule has 1 aromatic heterocycles. The number of hydrogen-bond donors (Lipinski definition) is 1. The third kappa shape index (κ3) is 3.12. The van der Waals surface area contributed by atoms with Gasteiger partial charge in [-0.05, 0) is 47.5 Å². The van der Waals surface area contributed by atoms with Gasteiger partial charge in [-0.25, -0.2) is 4.79 Å². The van der Waals surface area contributed by atoms with E-state index in [1.165, 1.54) is 0 Å². The molecule has 4 nitrogen and oxygen atoms in total. The molecule has 1 heterocycles. The highest BCUT2D eigenvalue weighted by atomic mass is 79.9. The molecule has 1 aromatic carbocycles. The Labute approximate surface area is 132 Å². The van der Waals surface area contributed by atoms with Crippen molar-refractivity contribution in [2.75, 3.05) is 0 Å². The van der Waals surface area contributed by atoms with Crippen molar-refractivity contribution >= 4 is 48.7 Å². The number of amides is 1. The summed E-state index contributed by atoms with van der Waals surface area (Å²) in [5.74, 6) is -0.411. The van der Waals surface area contributed by atoms with E-state index < -0.39 is 11.5 Å². The largest absolute Gasteiger partial charge is 0.421 e. The molecule has 0 saturated carbocycles. The summed E-state index contributed by atoms with van der Waals surface area (Å²) in [6.45, 7) is 3.84. The third-order valence-corrected chi connectivity index (χ3v) is 4.03. The molecule has 0 bridgehead atoms. The normalized spacial score (nSPS) is 12.4. The number of halogens is 2. The van der Waals surface area contributed by atoms with Crippen molar-refractivity contribution in [1.82, 2.24) is 5.32 Å². The summed E-state index contributed by atoms with van der Waals surface area (Å²) in [4.78, 5) is 24.0. The molecule has 0 fully saturated rings. The van der Waals surface area contributed by atoms with Gasteiger partial charge in [0.25, 0.3) is 5.91 Å². The van der Waals surface area contributed by atoms with Gasteiger partial charge in [-0.2, -0.15) is 0 Å². The Morgan fingerprint density at radius 3 is 2.70 bits per heavy atom. The Hall–Kier alpha value is -1.14. The number of benzene rings is 1. The highest BCUT2D eigenvalue weighted by Gasteiger charge is 2.16. The molecule has 0 aliphatic heterocycles. The summed E-state index contributed by atoms with van der Waals surface area (Å²) in [5.41, 5.74) is -0.192. The van der Waals surface area contributed by atoms with Gasteiger partial charge in [-0.1, -0.05) is 22.9 Å². The maximum atomic E-state index is 12.1. The first-order valence-corrected chi connectivity index (χ1v) is 7.74. The van der Waals surface area contributed by atoms with Crippen LogP contribution in [0.1, 0.15) is 30.6 Å². The van der Waals surface area contributed by atoms with Crippen molar-refractivity contribution in [3.8, 4) is 0 Å². The highest BCUT2D eigenvalue weighted by molar-refractivity contribution is 9.11. The number of carbonyl (C=O) groups excluding carboxylic acids is 1. The second kappa shape index (κ2) is 6.10. The van der Waals surface area contributed by atoms with Crippen LogP contribution in [0.3, 0.4) is 0 Å². The van der Waals surface area contributed by atoms with Crippen LogP contribution in [0.15, 0.2) is 36.4 Å². The van der Waals surface area contributed by atoms with Crippen LogP contribution in [0.4, 0.5) is 0 Å². The van der Waals surface area contributed by atoms with Crippen LogP contribution < -0.4 is 10.9 Å². The fourth-order valence-electron chi connectivity index (χ4n) is 1.72. The molecular formula is C14H13Br2NO3. The summed E-state index contributed by atoms with van der Waals surface area (Å²) < 4.78 is 6.72. The Morgan fingerprint density at radius 2 is 2.05 bits per heavy atom. The van der Waals surface area contributed by atoms with Crippen LogP contribution in [0.5, 0.6) is 0 Å². The quantitative estimate of drug-likeness (QED) is 0.793. The summed E-state index contributed by atoms with van der Waals surface area (Å²) >= 11 is 6.70. The fourth-order valence-corrected chi connectivity index (χ4v) is 3.06. The van der Waals surface area contributed by atoms with Gasteiger partial charge in [0.15, 0.2) is 5.58 Å².